The average Bonchev–Trinajstić information content (AvgIpc) is 2.30. The first-order valence-corrected chi connectivity index (χ1v) is 5.06. The quantitative estimate of drug-likeness (QED) is 0.449. The van der Waals surface area contributed by atoms with Gasteiger partial charge in [-0.15, -0.1) is 0 Å². The SMILES string of the molecule is COc1cc(NCCCN)c(F)cc1[N+](=O)[O-]. The molecule has 0 aliphatic carbocycles. The largest absolute Gasteiger partial charge is 0.490 e. The highest BCUT2D eigenvalue weighted by atomic mass is 19.1. The smallest absolute Gasteiger partial charge is 0.313 e. The van der Waals surface area contributed by atoms with Gasteiger partial charge in [0, 0.05) is 12.6 Å². The lowest BCUT2D eigenvalue weighted by Gasteiger charge is -2.09. The summed E-state index contributed by atoms with van der Waals surface area (Å²) in [6, 6.07) is 2.10. The molecule has 0 saturated heterocycles. The maximum Gasteiger partial charge on any atom is 0.313 e. The molecular weight excluding hydrogens is 229 g/mol. The summed E-state index contributed by atoms with van der Waals surface area (Å²) in [5, 5.41) is 13.4. The van der Waals surface area contributed by atoms with E-state index < -0.39 is 16.4 Å². The fourth-order valence-corrected chi connectivity index (χ4v) is 1.31. The van der Waals surface area contributed by atoms with Crippen LogP contribution in [0.3, 0.4) is 0 Å². The molecule has 0 unspecified atom stereocenters. The molecule has 0 saturated carbocycles. The zero-order valence-corrected chi connectivity index (χ0v) is 9.40. The van der Waals surface area contributed by atoms with E-state index in [0.29, 0.717) is 19.5 Å². The number of anilines is 1. The van der Waals surface area contributed by atoms with Gasteiger partial charge < -0.3 is 15.8 Å². The number of hydrogen-bond acceptors (Lipinski definition) is 5. The van der Waals surface area contributed by atoms with Crippen molar-refractivity contribution >= 4 is 11.4 Å². The molecule has 0 aliphatic heterocycles. The molecule has 7 heteroatoms. The van der Waals surface area contributed by atoms with Crippen LogP contribution >= 0.6 is 0 Å². The second-order valence-corrected chi connectivity index (χ2v) is 3.33. The number of nitrogens with two attached hydrogens (primary N) is 1. The van der Waals surface area contributed by atoms with Crippen molar-refractivity contribution in [2.75, 3.05) is 25.5 Å². The van der Waals surface area contributed by atoms with Crippen LogP contribution in [0, 0.1) is 15.9 Å². The Balaban J connectivity index is 2.96. The van der Waals surface area contributed by atoms with E-state index in [4.69, 9.17) is 10.5 Å². The Morgan fingerprint density at radius 1 is 1.59 bits per heavy atom. The minimum absolute atomic E-state index is 0.0200. The Hall–Kier alpha value is -1.89. The summed E-state index contributed by atoms with van der Waals surface area (Å²) in [5.41, 5.74) is 5.08. The van der Waals surface area contributed by atoms with E-state index in [9.17, 15) is 14.5 Å². The minimum Gasteiger partial charge on any atom is -0.490 e. The number of halogens is 1. The van der Waals surface area contributed by atoms with Gasteiger partial charge in [0.2, 0.25) is 0 Å². The van der Waals surface area contributed by atoms with Gasteiger partial charge in [-0.05, 0) is 13.0 Å². The Labute approximate surface area is 97.7 Å². The van der Waals surface area contributed by atoms with Gasteiger partial charge in [-0.2, -0.15) is 0 Å². The van der Waals surface area contributed by atoms with Gasteiger partial charge in [0.25, 0.3) is 0 Å². The van der Waals surface area contributed by atoms with Crippen LogP contribution in [0.4, 0.5) is 15.8 Å². The first kappa shape index (κ1) is 13.2. The molecule has 6 nitrogen and oxygen atoms in total. The van der Waals surface area contributed by atoms with Gasteiger partial charge in [-0.1, -0.05) is 0 Å². The van der Waals surface area contributed by atoms with Crippen LogP contribution in [0.2, 0.25) is 0 Å². The normalized spacial score (nSPS) is 10.1. The summed E-state index contributed by atoms with van der Waals surface area (Å²) >= 11 is 0. The third kappa shape index (κ3) is 3.28. The van der Waals surface area contributed by atoms with Crippen LogP contribution in [0.5, 0.6) is 5.75 Å². The molecule has 0 atom stereocenters. The number of benzene rings is 1. The summed E-state index contributed by atoms with van der Waals surface area (Å²) in [7, 11) is 1.30. The molecule has 1 rings (SSSR count). The van der Waals surface area contributed by atoms with Gasteiger partial charge in [0.15, 0.2) is 11.6 Å². The van der Waals surface area contributed by atoms with E-state index in [1.54, 1.807) is 0 Å². The summed E-state index contributed by atoms with van der Waals surface area (Å²) in [5.74, 6) is -0.666. The second-order valence-electron chi connectivity index (χ2n) is 3.33. The van der Waals surface area contributed by atoms with E-state index in [1.807, 2.05) is 0 Å². The van der Waals surface area contributed by atoms with Gasteiger partial charge in [-0.3, -0.25) is 10.1 Å². The van der Waals surface area contributed by atoms with Crippen LogP contribution in [0.25, 0.3) is 0 Å². The lowest BCUT2D eigenvalue weighted by Crippen LogP contribution is -2.09. The summed E-state index contributed by atoms with van der Waals surface area (Å²) < 4.78 is 18.3. The molecular formula is C10H14FN3O3. The number of nitro groups is 1. The van der Waals surface area contributed by atoms with Gasteiger partial charge in [0.1, 0.15) is 0 Å². The van der Waals surface area contributed by atoms with E-state index in [0.717, 1.165) is 6.07 Å². The van der Waals surface area contributed by atoms with E-state index in [2.05, 4.69) is 5.32 Å². The number of nitro benzene ring substituents is 1. The number of nitrogens with zero attached hydrogens (tertiary/aromatic N) is 1. The fourth-order valence-electron chi connectivity index (χ4n) is 1.31. The van der Waals surface area contributed by atoms with Crippen molar-refractivity contribution in [3.05, 3.63) is 28.1 Å². The van der Waals surface area contributed by atoms with Crippen LogP contribution < -0.4 is 15.8 Å². The Morgan fingerprint density at radius 3 is 2.82 bits per heavy atom. The van der Waals surface area contributed by atoms with Crippen LogP contribution in [-0.2, 0) is 0 Å². The predicted octanol–water partition coefficient (Wildman–Crippen LogP) is 1.50. The molecule has 1 aromatic carbocycles. The molecule has 17 heavy (non-hydrogen) atoms. The third-order valence-corrected chi connectivity index (χ3v) is 2.16. The highest BCUT2D eigenvalue weighted by Gasteiger charge is 2.18. The lowest BCUT2D eigenvalue weighted by molar-refractivity contribution is -0.385. The molecule has 0 fully saturated rings. The van der Waals surface area contributed by atoms with Crippen molar-refractivity contribution in [3.63, 3.8) is 0 Å². The second kappa shape index (κ2) is 6.00. The number of hydrogen-bond donors (Lipinski definition) is 2. The number of methoxy groups -OCH3 is 1. The molecule has 0 aromatic heterocycles. The molecule has 0 aliphatic rings. The highest BCUT2D eigenvalue weighted by Crippen LogP contribution is 2.32. The van der Waals surface area contributed by atoms with Crippen molar-refractivity contribution < 1.29 is 14.1 Å². The number of nitrogens with one attached hydrogen (secondary N) is 1. The van der Waals surface area contributed by atoms with E-state index in [1.165, 1.54) is 13.2 Å². The molecule has 94 valence electrons. The molecule has 0 amide bonds. The molecule has 0 heterocycles. The molecule has 0 bridgehead atoms. The van der Waals surface area contributed by atoms with Gasteiger partial charge in [0.05, 0.1) is 23.8 Å². The third-order valence-electron chi connectivity index (χ3n) is 2.16. The van der Waals surface area contributed by atoms with Gasteiger partial charge >= 0.3 is 5.69 Å². The number of ether oxygens (including phenoxy) is 1. The van der Waals surface area contributed by atoms with Crippen molar-refractivity contribution in [1.82, 2.24) is 0 Å². The highest BCUT2D eigenvalue weighted by molar-refractivity contribution is 5.59. The summed E-state index contributed by atoms with van der Waals surface area (Å²) in [6.45, 7) is 0.979. The van der Waals surface area contributed by atoms with Crippen molar-refractivity contribution in [2.45, 2.75) is 6.42 Å². The van der Waals surface area contributed by atoms with Crippen LogP contribution in [0.15, 0.2) is 12.1 Å². The Bertz CT molecular complexity index is 412. The first-order valence-electron chi connectivity index (χ1n) is 5.06. The topological polar surface area (TPSA) is 90.4 Å². The Morgan fingerprint density at radius 2 is 2.29 bits per heavy atom. The zero-order valence-electron chi connectivity index (χ0n) is 9.40. The molecule has 3 N–H and O–H groups in total. The van der Waals surface area contributed by atoms with Crippen molar-refractivity contribution in [2.24, 2.45) is 5.73 Å². The fraction of sp³-hybridized carbons (Fsp3) is 0.400. The average molecular weight is 243 g/mol. The van der Waals surface area contributed by atoms with Crippen molar-refractivity contribution in [3.8, 4) is 5.75 Å². The van der Waals surface area contributed by atoms with Crippen LogP contribution in [0.1, 0.15) is 6.42 Å². The van der Waals surface area contributed by atoms with Crippen molar-refractivity contribution in [1.29, 1.82) is 0 Å². The maximum absolute atomic E-state index is 13.5. The predicted molar refractivity (Wildman–Crippen MR) is 61.8 cm³/mol. The molecule has 1 aromatic rings. The lowest BCUT2D eigenvalue weighted by atomic mass is 10.2. The van der Waals surface area contributed by atoms with E-state index in [-0.39, 0.29) is 11.4 Å². The standard InChI is InChI=1S/C10H14FN3O3/c1-17-10-6-8(13-4-2-3-12)7(11)5-9(10)14(15)16/h5-6,13H,2-4,12H2,1H3. The first-order chi connectivity index (χ1) is 8.10. The van der Waals surface area contributed by atoms with E-state index >= 15 is 0 Å². The molecule has 0 spiro atoms. The van der Waals surface area contributed by atoms with Gasteiger partial charge in [-0.25, -0.2) is 4.39 Å². The Kier molecular flexibility index (Phi) is 4.65. The molecule has 0 radical (unpaired) electrons. The zero-order chi connectivity index (χ0) is 12.8. The van der Waals surface area contributed by atoms with Crippen LogP contribution in [-0.4, -0.2) is 25.1 Å². The monoisotopic (exact) mass is 243 g/mol. The number of rotatable bonds is 6. The summed E-state index contributed by atoms with van der Waals surface area (Å²) in [6.07, 6.45) is 0.679. The minimum atomic E-state index is -0.689. The summed E-state index contributed by atoms with van der Waals surface area (Å²) in [4.78, 5) is 9.94. The maximum atomic E-state index is 13.5.